The van der Waals surface area contributed by atoms with E-state index in [0.717, 1.165) is 24.2 Å². The summed E-state index contributed by atoms with van der Waals surface area (Å²) in [5.41, 5.74) is 2.81. The molecule has 1 aromatic carbocycles. The van der Waals surface area contributed by atoms with E-state index in [2.05, 4.69) is 18.2 Å². The van der Waals surface area contributed by atoms with Crippen LogP contribution in [0.25, 0.3) is 0 Å². The summed E-state index contributed by atoms with van der Waals surface area (Å²) >= 11 is 0. The third kappa shape index (κ3) is 3.17. The Bertz CT molecular complexity index is 462. The zero-order valence-electron chi connectivity index (χ0n) is 9.95. The molecule has 3 heteroatoms. The SMILES string of the molecule is N#CCCCCS(=O)c1ccc2c(c1)CCC2. The fourth-order valence-corrected chi connectivity index (χ4v) is 3.44. The maximum Gasteiger partial charge on any atom is 0.0621 e. The zero-order chi connectivity index (χ0) is 12.1. The summed E-state index contributed by atoms with van der Waals surface area (Å²) in [6.45, 7) is 0. The van der Waals surface area contributed by atoms with Gasteiger partial charge in [0, 0.05) is 17.1 Å². The van der Waals surface area contributed by atoms with E-state index in [1.54, 1.807) is 0 Å². The van der Waals surface area contributed by atoms with Crippen LogP contribution >= 0.6 is 0 Å². The van der Waals surface area contributed by atoms with E-state index in [1.807, 2.05) is 6.07 Å². The van der Waals surface area contributed by atoms with E-state index in [-0.39, 0.29) is 0 Å². The molecule has 1 aromatic rings. The molecule has 17 heavy (non-hydrogen) atoms. The Morgan fingerprint density at radius 1 is 1.24 bits per heavy atom. The van der Waals surface area contributed by atoms with Gasteiger partial charge in [-0.05, 0) is 55.4 Å². The first-order valence-electron chi connectivity index (χ1n) is 6.18. The monoisotopic (exact) mass is 247 g/mol. The molecule has 0 saturated heterocycles. The van der Waals surface area contributed by atoms with Gasteiger partial charge in [0.2, 0.25) is 0 Å². The summed E-state index contributed by atoms with van der Waals surface area (Å²) in [4.78, 5) is 0.961. The second kappa shape index (κ2) is 5.97. The van der Waals surface area contributed by atoms with E-state index in [4.69, 9.17) is 5.26 Å². The molecule has 1 atom stereocenters. The van der Waals surface area contributed by atoms with E-state index < -0.39 is 10.8 Å². The Morgan fingerprint density at radius 2 is 2.06 bits per heavy atom. The number of nitrogens with zero attached hydrogens (tertiary/aromatic N) is 1. The molecule has 0 N–H and O–H groups in total. The number of aryl methyl sites for hydroxylation is 2. The van der Waals surface area contributed by atoms with Gasteiger partial charge >= 0.3 is 0 Å². The molecule has 1 aliphatic rings. The summed E-state index contributed by atoms with van der Waals surface area (Å²) in [7, 11) is -0.889. The molecule has 1 unspecified atom stereocenters. The molecule has 0 fully saturated rings. The average Bonchev–Trinajstić information content (AvgIpc) is 2.81. The van der Waals surface area contributed by atoms with Gasteiger partial charge < -0.3 is 0 Å². The van der Waals surface area contributed by atoms with Crippen LogP contribution in [-0.4, -0.2) is 9.96 Å². The average molecular weight is 247 g/mol. The van der Waals surface area contributed by atoms with Crippen molar-refractivity contribution in [3.63, 3.8) is 0 Å². The van der Waals surface area contributed by atoms with E-state index >= 15 is 0 Å². The molecule has 0 heterocycles. The molecule has 2 rings (SSSR count). The lowest BCUT2D eigenvalue weighted by Gasteiger charge is -2.04. The highest BCUT2D eigenvalue weighted by molar-refractivity contribution is 7.85. The smallest absolute Gasteiger partial charge is 0.0621 e. The Hall–Kier alpha value is -1.14. The number of hydrogen-bond donors (Lipinski definition) is 0. The molecule has 0 radical (unpaired) electrons. The van der Waals surface area contributed by atoms with Crippen molar-refractivity contribution in [3.05, 3.63) is 29.3 Å². The number of rotatable bonds is 5. The third-order valence-corrected chi connectivity index (χ3v) is 4.64. The van der Waals surface area contributed by atoms with Gasteiger partial charge in [0.25, 0.3) is 0 Å². The predicted octanol–water partition coefficient (Wildman–Crippen LogP) is 2.98. The molecule has 0 amide bonds. The van der Waals surface area contributed by atoms with E-state index in [9.17, 15) is 4.21 Å². The van der Waals surface area contributed by atoms with Gasteiger partial charge in [-0.3, -0.25) is 4.21 Å². The maximum atomic E-state index is 12.0. The molecule has 0 aromatic heterocycles. The molecular weight excluding hydrogens is 230 g/mol. The highest BCUT2D eigenvalue weighted by Gasteiger charge is 2.12. The first-order chi connectivity index (χ1) is 8.31. The van der Waals surface area contributed by atoms with Crippen LogP contribution in [0, 0.1) is 11.3 Å². The maximum absolute atomic E-state index is 12.0. The first-order valence-corrected chi connectivity index (χ1v) is 7.50. The predicted molar refractivity (Wildman–Crippen MR) is 69.2 cm³/mol. The van der Waals surface area contributed by atoms with Crippen LogP contribution in [0.4, 0.5) is 0 Å². The standard InChI is InChI=1S/C14H17NOS/c15-9-2-1-3-10-17(16)14-8-7-12-5-4-6-13(12)11-14/h7-8,11H,1-6,10H2. The molecule has 0 aliphatic heterocycles. The van der Waals surface area contributed by atoms with Gasteiger partial charge in [0.05, 0.1) is 16.9 Å². The van der Waals surface area contributed by atoms with Crippen molar-refractivity contribution < 1.29 is 4.21 Å². The largest absolute Gasteiger partial charge is 0.254 e. The topological polar surface area (TPSA) is 40.9 Å². The Morgan fingerprint density at radius 3 is 2.88 bits per heavy atom. The quantitative estimate of drug-likeness (QED) is 0.750. The van der Waals surface area contributed by atoms with Crippen molar-refractivity contribution in [1.29, 1.82) is 5.26 Å². The number of fused-ring (bicyclic) bond motifs is 1. The van der Waals surface area contributed by atoms with Crippen molar-refractivity contribution in [3.8, 4) is 6.07 Å². The Kier molecular flexibility index (Phi) is 4.33. The van der Waals surface area contributed by atoms with E-state index in [0.29, 0.717) is 12.2 Å². The van der Waals surface area contributed by atoms with Gasteiger partial charge in [-0.25, -0.2) is 0 Å². The Labute approximate surface area is 105 Å². The lowest BCUT2D eigenvalue weighted by Crippen LogP contribution is -1.99. The minimum absolute atomic E-state index is 0.571. The van der Waals surface area contributed by atoms with Crippen LogP contribution in [0.2, 0.25) is 0 Å². The lowest BCUT2D eigenvalue weighted by atomic mass is 10.1. The molecule has 1 aliphatic carbocycles. The van der Waals surface area contributed by atoms with Gasteiger partial charge in [-0.1, -0.05) is 6.07 Å². The van der Waals surface area contributed by atoms with Gasteiger partial charge in [-0.15, -0.1) is 0 Å². The lowest BCUT2D eigenvalue weighted by molar-refractivity contribution is 0.678. The molecule has 2 nitrogen and oxygen atoms in total. The fourth-order valence-electron chi connectivity index (χ4n) is 2.24. The second-order valence-electron chi connectivity index (χ2n) is 4.45. The van der Waals surface area contributed by atoms with Crippen molar-refractivity contribution in [2.75, 3.05) is 5.75 Å². The summed E-state index contributed by atoms with van der Waals surface area (Å²) in [6.07, 6.45) is 5.83. The normalized spacial score (nSPS) is 15.2. The van der Waals surface area contributed by atoms with Gasteiger partial charge in [0.15, 0.2) is 0 Å². The zero-order valence-corrected chi connectivity index (χ0v) is 10.8. The molecule has 0 saturated carbocycles. The van der Waals surface area contributed by atoms with Crippen molar-refractivity contribution in [1.82, 2.24) is 0 Å². The summed E-state index contributed by atoms with van der Waals surface area (Å²) in [6, 6.07) is 8.36. The van der Waals surface area contributed by atoms with Crippen LogP contribution in [0.3, 0.4) is 0 Å². The van der Waals surface area contributed by atoms with Gasteiger partial charge in [0.1, 0.15) is 0 Å². The molecular formula is C14H17NOS. The highest BCUT2D eigenvalue weighted by atomic mass is 32.2. The first kappa shape index (κ1) is 12.3. The van der Waals surface area contributed by atoms with Crippen molar-refractivity contribution >= 4 is 10.8 Å². The van der Waals surface area contributed by atoms with Crippen LogP contribution in [-0.2, 0) is 23.6 Å². The van der Waals surface area contributed by atoms with Crippen LogP contribution in [0.15, 0.2) is 23.1 Å². The highest BCUT2D eigenvalue weighted by Crippen LogP contribution is 2.24. The number of hydrogen-bond acceptors (Lipinski definition) is 2. The fraction of sp³-hybridized carbons (Fsp3) is 0.500. The van der Waals surface area contributed by atoms with Gasteiger partial charge in [-0.2, -0.15) is 5.26 Å². The van der Waals surface area contributed by atoms with Crippen molar-refractivity contribution in [2.45, 2.75) is 43.4 Å². The van der Waals surface area contributed by atoms with E-state index in [1.165, 1.54) is 24.0 Å². The van der Waals surface area contributed by atoms with Crippen LogP contribution in [0.5, 0.6) is 0 Å². The molecule has 0 bridgehead atoms. The number of unbranched alkanes of at least 4 members (excludes halogenated alkanes) is 2. The minimum Gasteiger partial charge on any atom is -0.254 e. The molecule has 0 spiro atoms. The van der Waals surface area contributed by atoms with Crippen LogP contribution in [0.1, 0.15) is 36.8 Å². The Balaban J connectivity index is 1.93. The number of nitriles is 1. The summed E-state index contributed by atoms with van der Waals surface area (Å²) in [5.74, 6) is 0.681. The minimum atomic E-state index is -0.889. The second-order valence-corrected chi connectivity index (χ2v) is 6.02. The summed E-state index contributed by atoms with van der Waals surface area (Å²) < 4.78 is 12.0. The third-order valence-electron chi connectivity index (χ3n) is 3.20. The van der Waals surface area contributed by atoms with Crippen LogP contribution < -0.4 is 0 Å². The number of benzene rings is 1. The van der Waals surface area contributed by atoms with Crippen molar-refractivity contribution in [2.24, 2.45) is 0 Å². The molecule has 90 valence electrons. The summed E-state index contributed by atoms with van der Waals surface area (Å²) in [5, 5.41) is 8.43.